The highest BCUT2D eigenvalue weighted by molar-refractivity contribution is 6.34. The Kier molecular flexibility index (Phi) is 7.64. The monoisotopic (exact) mass is 414 g/mol. The zero-order valence-corrected chi connectivity index (χ0v) is 17.0. The predicted octanol–water partition coefficient (Wildman–Crippen LogP) is 4.97. The summed E-state index contributed by atoms with van der Waals surface area (Å²) in [4.78, 5) is 20.0. The summed E-state index contributed by atoms with van der Waals surface area (Å²) in [6, 6.07) is 13.2. The average Bonchev–Trinajstić information content (AvgIpc) is 2.75. The highest BCUT2D eigenvalue weighted by atomic mass is 35.5. The van der Waals surface area contributed by atoms with Crippen LogP contribution in [0.25, 0.3) is 10.9 Å². The average molecular weight is 415 g/mol. The van der Waals surface area contributed by atoms with E-state index in [1.165, 1.54) is 6.33 Å². The van der Waals surface area contributed by atoms with Crippen molar-refractivity contribution in [3.05, 3.63) is 59.5 Å². The number of unbranched alkanes of at least 4 members (excludes halogenated alkanes) is 2. The summed E-state index contributed by atoms with van der Waals surface area (Å²) in [5.74, 6) is 1.01. The van der Waals surface area contributed by atoms with E-state index in [4.69, 9.17) is 25.8 Å². The van der Waals surface area contributed by atoms with Crippen LogP contribution in [0.15, 0.2) is 48.8 Å². The summed E-state index contributed by atoms with van der Waals surface area (Å²) in [7, 11) is 1.58. The second-order valence-electron chi connectivity index (χ2n) is 6.49. The van der Waals surface area contributed by atoms with Crippen LogP contribution in [-0.2, 0) is 16.1 Å². The molecule has 6 nitrogen and oxygen atoms in total. The number of rotatable bonds is 10. The second-order valence-corrected chi connectivity index (χ2v) is 6.85. The van der Waals surface area contributed by atoms with Crippen LogP contribution >= 0.6 is 11.6 Å². The molecule has 0 atom stereocenters. The number of methoxy groups -OCH3 is 1. The molecule has 0 amide bonds. The van der Waals surface area contributed by atoms with Gasteiger partial charge in [0.1, 0.15) is 18.1 Å². The Labute approximate surface area is 174 Å². The molecule has 3 aromatic rings. The molecule has 0 fully saturated rings. The highest BCUT2D eigenvalue weighted by Gasteiger charge is 2.10. The molecule has 7 heteroatoms. The van der Waals surface area contributed by atoms with Crippen LogP contribution < -0.4 is 9.47 Å². The maximum Gasteiger partial charge on any atom is 0.306 e. The molecule has 0 bridgehead atoms. The largest absolute Gasteiger partial charge is 0.493 e. The molecule has 0 spiro atoms. The lowest BCUT2D eigenvalue weighted by atomic mass is 10.2. The van der Waals surface area contributed by atoms with E-state index >= 15 is 0 Å². The van der Waals surface area contributed by atoms with Gasteiger partial charge in [-0.1, -0.05) is 41.9 Å². The summed E-state index contributed by atoms with van der Waals surface area (Å²) in [6.45, 7) is 0.831. The van der Waals surface area contributed by atoms with Gasteiger partial charge in [-0.2, -0.15) is 0 Å². The van der Waals surface area contributed by atoms with Crippen molar-refractivity contribution in [3.8, 4) is 11.5 Å². The number of aromatic nitrogens is 2. The number of fused-ring (bicyclic) bond motifs is 1. The van der Waals surface area contributed by atoms with Gasteiger partial charge in [-0.15, -0.1) is 0 Å². The van der Waals surface area contributed by atoms with Crippen LogP contribution in [0.1, 0.15) is 31.2 Å². The molecular weight excluding hydrogens is 392 g/mol. The number of carbonyl (C=O) groups is 1. The van der Waals surface area contributed by atoms with Crippen LogP contribution in [-0.4, -0.2) is 29.7 Å². The SMILES string of the molecule is COc1cc2c(Cl)ncnc2cc1OCCCCCC(=O)OCc1ccccc1. The van der Waals surface area contributed by atoms with E-state index in [0.717, 1.165) is 24.8 Å². The molecule has 0 unspecified atom stereocenters. The highest BCUT2D eigenvalue weighted by Crippen LogP contribution is 2.33. The van der Waals surface area contributed by atoms with Gasteiger partial charge in [-0.3, -0.25) is 4.79 Å². The Morgan fingerprint density at radius 1 is 1.03 bits per heavy atom. The summed E-state index contributed by atoms with van der Waals surface area (Å²) in [5.41, 5.74) is 1.69. The molecule has 0 aliphatic carbocycles. The van der Waals surface area contributed by atoms with Crippen LogP contribution in [0.2, 0.25) is 5.15 Å². The van der Waals surface area contributed by atoms with Crippen molar-refractivity contribution in [3.63, 3.8) is 0 Å². The van der Waals surface area contributed by atoms with Crippen molar-refractivity contribution >= 4 is 28.5 Å². The number of carbonyl (C=O) groups excluding carboxylic acids is 1. The minimum Gasteiger partial charge on any atom is -0.493 e. The lowest BCUT2D eigenvalue weighted by molar-refractivity contribution is -0.145. The van der Waals surface area contributed by atoms with E-state index in [9.17, 15) is 4.79 Å². The maximum atomic E-state index is 11.8. The van der Waals surface area contributed by atoms with Gasteiger partial charge >= 0.3 is 5.97 Å². The van der Waals surface area contributed by atoms with E-state index in [0.29, 0.717) is 47.2 Å². The Balaban J connectivity index is 1.38. The molecule has 2 aromatic carbocycles. The van der Waals surface area contributed by atoms with E-state index < -0.39 is 0 Å². The number of esters is 1. The zero-order valence-electron chi connectivity index (χ0n) is 16.3. The fourth-order valence-corrected chi connectivity index (χ4v) is 3.04. The lowest BCUT2D eigenvalue weighted by Gasteiger charge is -2.12. The van der Waals surface area contributed by atoms with Gasteiger partial charge in [0.2, 0.25) is 0 Å². The van der Waals surface area contributed by atoms with Crippen molar-refractivity contribution in [2.75, 3.05) is 13.7 Å². The minimum atomic E-state index is -0.178. The summed E-state index contributed by atoms with van der Waals surface area (Å²) < 4.78 is 16.5. The topological polar surface area (TPSA) is 70.5 Å². The standard InChI is InChI=1S/C22H23ClN2O4/c1-27-19-12-17-18(24-15-25-22(17)23)13-20(19)28-11-7-3-6-10-21(26)29-14-16-8-4-2-5-9-16/h2,4-5,8-9,12-13,15H,3,6-7,10-11,14H2,1H3. The van der Waals surface area contributed by atoms with Gasteiger partial charge in [-0.25, -0.2) is 9.97 Å². The second kappa shape index (κ2) is 10.6. The number of halogens is 1. The molecule has 1 heterocycles. The quantitative estimate of drug-likeness (QED) is 0.265. The Hall–Kier alpha value is -2.86. The smallest absolute Gasteiger partial charge is 0.306 e. The molecule has 0 aliphatic rings. The van der Waals surface area contributed by atoms with Gasteiger partial charge in [0.05, 0.1) is 19.2 Å². The van der Waals surface area contributed by atoms with Gasteiger partial charge < -0.3 is 14.2 Å². The third-order valence-electron chi connectivity index (χ3n) is 4.40. The first-order valence-electron chi connectivity index (χ1n) is 9.48. The van der Waals surface area contributed by atoms with Crippen molar-refractivity contribution in [1.29, 1.82) is 0 Å². The molecular formula is C22H23ClN2O4. The van der Waals surface area contributed by atoms with Crippen LogP contribution in [0, 0.1) is 0 Å². The van der Waals surface area contributed by atoms with E-state index in [1.54, 1.807) is 19.2 Å². The fourth-order valence-electron chi connectivity index (χ4n) is 2.85. The number of benzene rings is 2. The third kappa shape index (κ3) is 6.06. The van der Waals surface area contributed by atoms with Crippen molar-refractivity contribution in [2.45, 2.75) is 32.3 Å². The maximum absolute atomic E-state index is 11.8. The number of nitrogens with zero attached hydrogens (tertiary/aromatic N) is 2. The minimum absolute atomic E-state index is 0.178. The van der Waals surface area contributed by atoms with Gasteiger partial charge in [0.25, 0.3) is 0 Å². The molecule has 3 rings (SSSR count). The summed E-state index contributed by atoms with van der Waals surface area (Å²) in [6.07, 6.45) is 4.26. The molecule has 0 saturated carbocycles. The summed E-state index contributed by atoms with van der Waals surface area (Å²) >= 11 is 6.10. The molecule has 0 N–H and O–H groups in total. The first-order chi connectivity index (χ1) is 14.2. The normalized spacial score (nSPS) is 10.7. The number of ether oxygens (including phenoxy) is 3. The molecule has 29 heavy (non-hydrogen) atoms. The number of hydrogen-bond acceptors (Lipinski definition) is 6. The molecule has 1 aromatic heterocycles. The first-order valence-corrected chi connectivity index (χ1v) is 9.86. The van der Waals surface area contributed by atoms with Crippen LogP contribution in [0.5, 0.6) is 11.5 Å². The lowest BCUT2D eigenvalue weighted by Crippen LogP contribution is -2.05. The van der Waals surface area contributed by atoms with Crippen molar-refractivity contribution in [1.82, 2.24) is 9.97 Å². The summed E-state index contributed by atoms with van der Waals surface area (Å²) in [5, 5.41) is 1.09. The Morgan fingerprint density at radius 3 is 2.66 bits per heavy atom. The van der Waals surface area contributed by atoms with E-state index in [2.05, 4.69) is 9.97 Å². The van der Waals surface area contributed by atoms with E-state index in [1.807, 2.05) is 30.3 Å². The molecule has 0 radical (unpaired) electrons. The van der Waals surface area contributed by atoms with E-state index in [-0.39, 0.29) is 5.97 Å². The van der Waals surface area contributed by atoms with Gasteiger partial charge in [0.15, 0.2) is 11.5 Å². The fraction of sp³-hybridized carbons (Fsp3) is 0.318. The molecule has 0 saturated heterocycles. The van der Waals surface area contributed by atoms with Crippen LogP contribution in [0.4, 0.5) is 0 Å². The van der Waals surface area contributed by atoms with Crippen molar-refractivity contribution in [2.24, 2.45) is 0 Å². The zero-order chi connectivity index (χ0) is 20.5. The first kappa shape index (κ1) is 20.9. The van der Waals surface area contributed by atoms with Gasteiger partial charge in [-0.05, 0) is 30.9 Å². The number of hydrogen-bond donors (Lipinski definition) is 0. The van der Waals surface area contributed by atoms with Gasteiger partial charge in [0, 0.05) is 17.9 Å². The van der Waals surface area contributed by atoms with Crippen LogP contribution in [0.3, 0.4) is 0 Å². The predicted molar refractivity (Wildman–Crippen MR) is 111 cm³/mol. The molecule has 0 aliphatic heterocycles. The Bertz CT molecular complexity index is 950. The van der Waals surface area contributed by atoms with Crippen molar-refractivity contribution < 1.29 is 19.0 Å². The molecule has 152 valence electrons. The third-order valence-corrected chi connectivity index (χ3v) is 4.70. The Morgan fingerprint density at radius 2 is 1.86 bits per heavy atom.